The molecular weight excluding hydrogens is 306 g/mol. The highest BCUT2D eigenvalue weighted by atomic mass is 79.9. The number of piperazine rings is 1. The first kappa shape index (κ1) is 14.0. The molecule has 1 aromatic rings. The Bertz CT molecular complexity index is 518. The van der Waals surface area contributed by atoms with E-state index >= 15 is 0 Å². The van der Waals surface area contributed by atoms with Gasteiger partial charge in [-0.25, -0.2) is 0 Å². The Labute approximate surface area is 121 Å². The van der Waals surface area contributed by atoms with Crippen LogP contribution in [0.4, 0.5) is 0 Å². The predicted octanol–water partition coefficient (Wildman–Crippen LogP) is 2.04. The van der Waals surface area contributed by atoms with Crippen LogP contribution < -0.4 is 0 Å². The lowest BCUT2D eigenvalue weighted by Crippen LogP contribution is -2.53. The fourth-order valence-corrected chi connectivity index (χ4v) is 2.91. The van der Waals surface area contributed by atoms with Gasteiger partial charge in [-0.3, -0.25) is 4.79 Å². The van der Waals surface area contributed by atoms with E-state index in [1.807, 2.05) is 32.2 Å². The van der Waals surface area contributed by atoms with E-state index in [2.05, 4.69) is 26.9 Å². The van der Waals surface area contributed by atoms with Crippen LogP contribution in [0.15, 0.2) is 22.7 Å². The highest BCUT2D eigenvalue weighted by molar-refractivity contribution is 9.10. The smallest absolute Gasteiger partial charge is 0.255 e. The van der Waals surface area contributed by atoms with Gasteiger partial charge in [0.15, 0.2) is 0 Å². The number of nitriles is 1. The van der Waals surface area contributed by atoms with Crippen molar-refractivity contribution in [2.45, 2.75) is 13.0 Å². The summed E-state index contributed by atoms with van der Waals surface area (Å²) in [5.74, 6) is -0.0657. The monoisotopic (exact) mass is 321 g/mol. The Balaban J connectivity index is 2.25. The first-order valence-electron chi connectivity index (χ1n) is 6.17. The molecule has 1 fully saturated rings. The van der Waals surface area contributed by atoms with Gasteiger partial charge in [0.05, 0.1) is 6.07 Å². The summed E-state index contributed by atoms with van der Waals surface area (Å²) in [6, 6.07) is 7.48. The van der Waals surface area contributed by atoms with E-state index < -0.39 is 0 Å². The van der Waals surface area contributed by atoms with Gasteiger partial charge in [-0.2, -0.15) is 5.26 Å². The summed E-state index contributed by atoms with van der Waals surface area (Å²) in [6.07, 6.45) is 0. The zero-order valence-electron chi connectivity index (χ0n) is 11.1. The van der Waals surface area contributed by atoms with Gasteiger partial charge in [-0.1, -0.05) is 15.9 Å². The fourth-order valence-electron chi connectivity index (χ4n) is 2.30. The maximum Gasteiger partial charge on any atom is 0.255 e. The van der Waals surface area contributed by atoms with E-state index in [0.29, 0.717) is 18.7 Å². The molecule has 2 rings (SSSR count). The van der Waals surface area contributed by atoms with Crippen molar-refractivity contribution < 1.29 is 4.79 Å². The van der Waals surface area contributed by atoms with Gasteiger partial charge in [0, 0.05) is 29.7 Å². The third kappa shape index (κ3) is 3.14. The van der Waals surface area contributed by atoms with E-state index in [4.69, 9.17) is 0 Å². The van der Waals surface area contributed by atoms with Crippen LogP contribution in [0.1, 0.15) is 15.9 Å². The Hall–Kier alpha value is -1.38. The van der Waals surface area contributed by atoms with Crippen molar-refractivity contribution in [3.63, 3.8) is 0 Å². The fraction of sp³-hybridized carbons (Fsp3) is 0.429. The molecule has 0 saturated carbocycles. The zero-order valence-corrected chi connectivity index (χ0v) is 12.6. The zero-order chi connectivity index (χ0) is 14.0. The van der Waals surface area contributed by atoms with Crippen molar-refractivity contribution in [1.29, 1.82) is 5.26 Å². The number of hydrogen-bond acceptors (Lipinski definition) is 3. The Morgan fingerprint density at radius 2 is 2.16 bits per heavy atom. The minimum absolute atomic E-state index is 0.0657. The molecule has 0 spiro atoms. The van der Waals surface area contributed by atoms with Crippen LogP contribution in [0.5, 0.6) is 0 Å². The number of aryl methyl sites for hydroxylation is 1. The van der Waals surface area contributed by atoms with Crippen LogP contribution in [0, 0.1) is 18.3 Å². The molecule has 1 aromatic carbocycles. The van der Waals surface area contributed by atoms with Crippen molar-refractivity contribution in [1.82, 2.24) is 9.80 Å². The van der Waals surface area contributed by atoms with E-state index in [1.165, 1.54) is 0 Å². The summed E-state index contributed by atoms with van der Waals surface area (Å²) < 4.78 is 0.887. The van der Waals surface area contributed by atoms with Crippen LogP contribution in [0.25, 0.3) is 0 Å². The molecule has 1 heterocycles. The van der Waals surface area contributed by atoms with Gasteiger partial charge < -0.3 is 9.80 Å². The molecule has 0 aliphatic carbocycles. The molecular formula is C14H16BrN3O. The second-order valence-corrected chi connectivity index (χ2v) is 5.84. The molecule has 1 amide bonds. The molecule has 4 nitrogen and oxygen atoms in total. The van der Waals surface area contributed by atoms with Crippen LogP contribution in [-0.2, 0) is 0 Å². The number of carbonyl (C=O) groups is 1. The maximum atomic E-state index is 12.5. The Kier molecular flexibility index (Phi) is 4.23. The number of rotatable bonds is 1. The molecule has 5 heteroatoms. The minimum atomic E-state index is -0.370. The summed E-state index contributed by atoms with van der Waals surface area (Å²) in [6.45, 7) is 3.96. The van der Waals surface area contributed by atoms with Gasteiger partial charge in [-0.05, 0) is 37.7 Å². The Morgan fingerprint density at radius 3 is 2.79 bits per heavy atom. The lowest BCUT2D eigenvalue weighted by atomic mass is 10.1. The molecule has 0 aromatic heterocycles. The largest absolute Gasteiger partial charge is 0.320 e. The van der Waals surface area contributed by atoms with E-state index in [1.54, 1.807) is 4.90 Å². The maximum absolute atomic E-state index is 12.5. The molecule has 0 N–H and O–H groups in total. The number of benzene rings is 1. The summed E-state index contributed by atoms with van der Waals surface area (Å²) in [4.78, 5) is 16.3. The van der Waals surface area contributed by atoms with Crippen LogP contribution in [0.3, 0.4) is 0 Å². The molecule has 100 valence electrons. The topological polar surface area (TPSA) is 47.3 Å². The molecule has 0 bridgehead atoms. The summed E-state index contributed by atoms with van der Waals surface area (Å²) >= 11 is 3.40. The van der Waals surface area contributed by atoms with Gasteiger partial charge >= 0.3 is 0 Å². The van der Waals surface area contributed by atoms with Crippen molar-refractivity contribution in [3.8, 4) is 6.07 Å². The first-order chi connectivity index (χ1) is 9.01. The van der Waals surface area contributed by atoms with Crippen LogP contribution >= 0.6 is 15.9 Å². The third-order valence-corrected chi connectivity index (χ3v) is 3.74. The van der Waals surface area contributed by atoms with Crippen LogP contribution in [-0.4, -0.2) is 48.4 Å². The highest BCUT2D eigenvalue weighted by Crippen LogP contribution is 2.19. The van der Waals surface area contributed by atoms with E-state index in [-0.39, 0.29) is 11.9 Å². The molecule has 0 radical (unpaired) electrons. The average molecular weight is 322 g/mol. The number of likely N-dealkylation sites (N-methyl/N-ethyl adjacent to an activating group) is 1. The molecule has 1 atom stereocenters. The molecule has 19 heavy (non-hydrogen) atoms. The second-order valence-electron chi connectivity index (χ2n) is 4.92. The number of amides is 1. The minimum Gasteiger partial charge on any atom is -0.320 e. The molecule has 1 aliphatic rings. The lowest BCUT2D eigenvalue weighted by molar-refractivity contribution is 0.0585. The Morgan fingerprint density at radius 1 is 1.42 bits per heavy atom. The normalized spacial score (nSPS) is 20.1. The van der Waals surface area contributed by atoms with Crippen molar-refractivity contribution in [2.75, 3.05) is 26.7 Å². The average Bonchev–Trinajstić information content (AvgIpc) is 2.36. The standard InChI is InChI=1S/C14H16BrN3O/c1-10-5-11(7-12(15)6-10)14(19)18-4-3-17(2)9-13(18)8-16/h5-7,13H,3-4,9H2,1-2H3/t13-/m1/s1. The van der Waals surface area contributed by atoms with Crippen molar-refractivity contribution in [2.24, 2.45) is 0 Å². The molecule has 0 unspecified atom stereocenters. The molecule has 1 saturated heterocycles. The van der Waals surface area contributed by atoms with Gasteiger partial charge in [0.25, 0.3) is 5.91 Å². The van der Waals surface area contributed by atoms with Gasteiger partial charge in [0.2, 0.25) is 0 Å². The van der Waals surface area contributed by atoms with Gasteiger partial charge in [-0.15, -0.1) is 0 Å². The van der Waals surface area contributed by atoms with E-state index in [0.717, 1.165) is 16.6 Å². The summed E-state index contributed by atoms with van der Waals surface area (Å²) in [7, 11) is 1.97. The van der Waals surface area contributed by atoms with Crippen molar-refractivity contribution in [3.05, 3.63) is 33.8 Å². The number of halogens is 1. The number of nitrogens with zero attached hydrogens (tertiary/aromatic N) is 3. The highest BCUT2D eigenvalue weighted by Gasteiger charge is 2.29. The summed E-state index contributed by atoms with van der Waals surface area (Å²) in [5.41, 5.74) is 1.66. The second kappa shape index (κ2) is 5.72. The number of hydrogen-bond donors (Lipinski definition) is 0. The molecule has 1 aliphatic heterocycles. The van der Waals surface area contributed by atoms with Crippen molar-refractivity contribution >= 4 is 21.8 Å². The SMILES string of the molecule is Cc1cc(Br)cc(C(=O)N2CCN(C)C[C@H]2C#N)c1. The quantitative estimate of drug-likeness (QED) is 0.795. The third-order valence-electron chi connectivity index (χ3n) is 3.28. The number of carbonyl (C=O) groups excluding carboxylic acids is 1. The van der Waals surface area contributed by atoms with E-state index in [9.17, 15) is 10.1 Å². The van der Waals surface area contributed by atoms with Gasteiger partial charge in [0.1, 0.15) is 6.04 Å². The predicted molar refractivity (Wildman–Crippen MR) is 76.8 cm³/mol. The first-order valence-corrected chi connectivity index (χ1v) is 6.97. The lowest BCUT2D eigenvalue weighted by Gasteiger charge is -2.36. The van der Waals surface area contributed by atoms with Crippen LogP contribution in [0.2, 0.25) is 0 Å². The summed E-state index contributed by atoms with van der Waals surface area (Å²) in [5, 5.41) is 9.20.